The van der Waals surface area contributed by atoms with Crippen molar-refractivity contribution in [1.82, 2.24) is 0 Å². The first-order valence-electron chi connectivity index (χ1n) is 23.3. The van der Waals surface area contributed by atoms with Crippen molar-refractivity contribution in [3.05, 3.63) is 0 Å². The lowest BCUT2D eigenvalue weighted by atomic mass is 9.49. The van der Waals surface area contributed by atoms with Crippen molar-refractivity contribution in [1.29, 1.82) is 0 Å². The molecular weight excluding hydrogens is 737 g/mol. The molecule has 2 N–H and O–H groups in total. The fraction of sp³-hybridized carbons (Fsp3) is 0.917. The van der Waals surface area contributed by atoms with Gasteiger partial charge in [0.05, 0.1) is 33.4 Å². The van der Waals surface area contributed by atoms with Gasteiger partial charge in [0.1, 0.15) is 23.4 Å². The standard InChI is InChI=1S/C18H30O2.C16H26O4.C14H20O4/c1-5-17(3,4)16(19)20-18(6-2)14-8-12-7-13(10-14)11-15(18)9-12;1-4-13(2,3)12(17)20-16-7-11-5-14(18,9-16)8-15(19,6-11)10-16;1-4-14(2,3)13(16)18-10-7-5-8-9(6-7)12(15)17-11(8)10/h12-15H,5-11H2,1-4H3;11,18-19H,4-10H2,1-3H3;7-11H,4-6H2,1-3H3. The highest BCUT2D eigenvalue weighted by atomic mass is 16.6. The third-order valence-electron chi connectivity index (χ3n) is 17.6. The highest BCUT2D eigenvalue weighted by Crippen LogP contribution is 2.62. The highest BCUT2D eigenvalue weighted by molar-refractivity contribution is 5.79. The molecule has 328 valence electrons. The highest BCUT2D eigenvalue weighted by Gasteiger charge is 2.66. The van der Waals surface area contributed by atoms with E-state index in [2.05, 4.69) is 13.8 Å². The second-order valence-corrected chi connectivity index (χ2v) is 23.0. The van der Waals surface area contributed by atoms with E-state index in [0.717, 1.165) is 69.6 Å². The zero-order chi connectivity index (χ0) is 42.4. The molecule has 10 bridgehead atoms. The first-order valence-corrected chi connectivity index (χ1v) is 23.3. The van der Waals surface area contributed by atoms with Crippen LogP contribution in [0.25, 0.3) is 0 Å². The van der Waals surface area contributed by atoms with Crippen molar-refractivity contribution in [3.63, 3.8) is 0 Å². The van der Waals surface area contributed by atoms with Gasteiger partial charge in [-0.1, -0.05) is 27.7 Å². The van der Waals surface area contributed by atoms with Gasteiger partial charge in [-0.2, -0.15) is 0 Å². The second-order valence-electron chi connectivity index (χ2n) is 23.0. The van der Waals surface area contributed by atoms with Crippen LogP contribution in [0.3, 0.4) is 0 Å². The van der Waals surface area contributed by atoms with E-state index < -0.39 is 27.6 Å². The molecule has 11 rings (SSSR count). The summed E-state index contributed by atoms with van der Waals surface area (Å²) in [4.78, 5) is 48.8. The molecule has 0 amide bonds. The second kappa shape index (κ2) is 15.0. The maximum atomic E-state index is 12.6. The molecule has 10 aliphatic carbocycles. The van der Waals surface area contributed by atoms with Gasteiger partial charge in [-0.25, -0.2) is 0 Å². The maximum absolute atomic E-state index is 12.6. The molecule has 0 aromatic rings. The number of hydrogen-bond acceptors (Lipinski definition) is 10. The van der Waals surface area contributed by atoms with Gasteiger partial charge in [-0.05, 0) is 161 Å². The number of ether oxygens (including phenoxy) is 4. The molecule has 11 aliphatic rings. The van der Waals surface area contributed by atoms with Crippen molar-refractivity contribution in [2.45, 2.75) is 213 Å². The molecule has 0 aromatic heterocycles. The Labute approximate surface area is 348 Å². The molecular formula is C48H76O10. The predicted octanol–water partition coefficient (Wildman–Crippen LogP) is 8.65. The van der Waals surface area contributed by atoms with Crippen molar-refractivity contribution in [2.75, 3.05) is 0 Å². The Morgan fingerprint density at radius 1 is 0.655 bits per heavy atom. The summed E-state index contributed by atoms with van der Waals surface area (Å²) in [5.74, 6) is 3.70. The minimum atomic E-state index is -0.842. The smallest absolute Gasteiger partial charge is 0.312 e. The predicted molar refractivity (Wildman–Crippen MR) is 218 cm³/mol. The van der Waals surface area contributed by atoms with Gasteiger partial charge in [-0.3, -0.25) is 19.2 Å². The molecule has 1 saturated heterocycles. The minimum absolute atomic E-state index is 0.0364. The normalized spacial score (nSPS) is 43.6. The largest absolute Gasteiger partial charge is 0.458 e. The van der Waals surface area contributed by atoms with Gasteiger partial charge in [-0.15, -0.1) is 0 Å². The lowest BCUT2D eigenvalue weighted by Crippen LogP contribution is -2.67. The molecule has 0 spiro atoms. The SMILES string of the molecule is CCC(C)(C)C(=O)OC1(CC)C2CC3CC(C2)CC1C3.CCC(C)(C)C(=O)OC12CC3CC(O)(CC(O)(C3)C1)C2.CCC(C)(C)C(=O)OC1C2CC3C(=O)OC1C3C2. The van der Waals surface area contributed by atoms with E-state index in [1.54, 1.807) is 0 Å². The van der Waals surface area contributed by atoms with Crippen LogP contribution in [-0.4, -0.2) is 68.7 Å². The van der Waals surface area contributed by atoms with Crippen LogP contribution in [0.2, 0.25) is 0 Å². The fourth-order valence-electron chi connectivity index (χ4n) is 13.6. The molecule has 1 aliphatic heterocycles. The van der Waals surface area contributed by atoms with Crippen LogP contribution in [0, 0.1) is 63.6 Å². The van der Waals surface area contributed by atoms with Crippen LogP contribution in [0.4, 0.5) is 0 Å². The van der Waals surface area contributed by atoms with Gasteiger partial charge in [0.15, 0.2) is 0 Å². The van der Waals surface area contributed by atoms with E-state index in [0.29, 0.717) is 42.9 Å². The van der Waals surface area contributed by atoms with Gasteiger partial charge in [0, 0.05) is 31.1 Å². The van der Waals surface area contributed by atoms with Gasteiger partial charge in [0.2, 0.25) is 0 Å². The van der Waals surface area contributed by atoms with Crippen molar-refractivity contribution < 1.29 is 48.3 Å². The third kappa shape index (κ3) is 7.79. The Morgan fingerprint density at radius 3 is 1.64 bits per heavy atom. The average molecular weight is 813 g/mol. The Morgan fingerprint density at radius 2 is 1.16 bits per heavy atom. The molecule has 10 heteroatoms. The van der Waals surface area contributed by atoms with Crippen LogP contribution >= 0.6 is 0 Å². The van der Waals surface area contributed by atoms with Crippen LogP contribution in [-0.2, 0) is 38.1 Å². The monoisotopic (exact) mass is 813 g/mol. The Balaban J connectivity index is 0.000000133. The minimum Gasteiger partial charge on any atom is -0.458 e. The first-order chi connectivity index (χ1) is 26.9. The van der Waals surface area contributed by atoms with Crippen LogP contribution in [0.15, 0.2) is 0 Å². The zero-order valence-corrected chi connectivity index (χ0v) is 37.5. The van der Waals surface area contributed by atoms with Crippen LogP contribution in [0.5, 0.6) is 0 Å². The summed E-state index contributed by atoms with van der Waals surface area (Å²) in [6.45, 7) is 19.9. The third-order valence-corrected chi connectivity index (χ3v) is 17.6. The fourth-order valence-corrected chi connectivity index (χ4v) is 13.6. The van der Waals surface area contributed by atoms with E-state index in [4.69, 9.17) is 18.9 Å². The maximum Gasteiger partial charge on any atom is 0.312 e. The van der Waals surface area contributed by atoms with Crippen molar-refractivity contribution in [2.24, 2.45) is 63.6 Å². The molecule has 10 nitrogen and oxygen atoms in total. The summed E-state index contributed by atoms with van der Waals surface area (Å²) in [5.41, 5.74) is -3.76. The average Bonchev–Trinajstić information content (AvgIpc) is 3.77. The molecule has 1 heterocycles. The van der Waals surface area contributed by atoms with E-state index in [1.807, 2.05) is 55.4 Å². The topological polar surface area (TPSA) is 146 Å². The van der Waals surface area contributed by atoms with Crippen molar-refractivity contribution in [3.8, 4) is 0 Å². The molecule has 58 heavy (non-hydrogen) atoms. The lowest BCUT2D eigenvalue weighted by Gasteiger charge is -2.62. The van der Waals surface area contributed by atoms with E-state index >= 15 is 0 Å². The molecule has 0 aromatic carbocycles. The summed E-state index contributed by atoms with van der Waals surface area (Å²) >= 11 is 0. The number of esters is 4. The Hall–Kier alpha value is -2.20. The van der Waals surface area contributed by atoms with Gasteiger partial charge < -0.3 is 29.2 Å². The molecule has 7 unspecified atom stereocenters. The van der Waals surface area contributed by atoms with E-state index in [9.17, 15) is 29.4 Å². The first kappa shape index (κ1) is 43.9. The van der Waals surface area contributed by atoms with Gasteiger partial charge in [0.25, 0.3) is 0 Å². The molecule has 0 radical (unpaired) electrons. The number of rotatable bonds is 10. The quantitative estimate of drug-likeness (QED) is 0.162. The number of hydrogen-bond donors (Lipinski definition) is 2. The summed E-state index contributed by atoms with van der Waals surface area (Å²) in [6, 6.07) is 0. The zero-order valence-electron chi connectivity index (χ0n) is 37.5. The number of fused-ring (bicyclic) bond motifs is 1. The summed E-state index contributed by atoms with van der Waals surface area (Å²) < 4.78 is 23.2. The Kier molecular flexibility index (Phi) is 11.4. The number of carbonyl (C=O) groups excluding carboxylic acids is 4. The number of aliphatic hydroxyl groups is 2. The number of carbonyl (C=O) groups is 4. The summed E-state index contributed by atoms with van der Waals surface area (Å²) in [6.07, 6.45) is 15.1. The molecule has 11 fully saturated rings. The van der Waals surface area contributed by atoms with Crippen LogP contribution in [0.1, 0.15) is 178 Å². The van der Waals surface area contributed by atoms with Gasteiger partial charge >= 0.3 is 23.9 Å². The van der Waals surface area contributed by atoms with E-state index in [-0.39, 0.29) is 58.9 Å². The Bertz CT molecular complexity index is 1560. The lowest BCUT2D eigenvalue weighted by molar-refractivity contribution is -0.264. The molecule has 10 saturated carbocycles. The van der Waals surface area contributed by atoms with Crippen molar-refractivity contribution >= 4 is 23.9 Å². The van der Waals surface area contributed by atoms with Crippen LogP contribution < -0.4 is 0 Å². The summed E-state index contributed by atoms with van der Waals surface area (Å²) in [7, 11) is 0. The van der Waals surface area contributed by atoms with E-state index in [1.165, 1.54) is 32.1 Å². The summed E-state index contributed by atoms with van der Waals surface area (Å²) in [5, 5.41) is 21.3. The molecule has 7 atom stereocenters.